The average Bonchev–Trinajstić information content (AvgIpc) is 2.55. The van der Waals surface area contributed by atoms with Crippen LogP contribution in [0.25, 0.3) is 0 Å². The van der Waals surface area contributed by atoms with E-state index in [1.165, 1.54) is 32.1 Å². The highest BCUT2D eigenvalue weighted by atomic mass is 32.2. The van der Waals surface area contributed by atoms with Gasteiger partial charge >= 0.3 is 0 Å². The maximum atomic E-state index is 12.3. The molecule has 1 aliphatic rings. The molecule has 0 radical (unpaired) electrons. The topological polar surface area (TPSA) is 46.2 Å². The molecule has 128 valence electrons. The third-order valence-electron chi connectivity index (χ3n) is 4.83. The van der Waals surface area contributed by atoms with Gasteiger partial charge in [0, 0.05) is 6.54 Å². The van der Waals surface area contributed by atoms with Crippen molar-refractivity contribution in [1.29, 1.82) is 0 Å². The normalized spacial score (nSPS) is 17.8. The lowest BCUT2D eigenvalue weighted by Crippen LogP contribution is -2.26. The summed E-state index contributed by atoms with van der Waals surface area (Å²) in [6.45, 7) is 6.35. The van der Waals surface area contributed by atoms with Gasteiger partial charge in [-0.15, -0.1) is 6.58 Å². The van der Waals surface area contributed by atoms with Crippen molar-refractivity contribution in [2.45, 2.75) is 56.8 Å². The third kappa shape index (κ3) is 5.78. The lowest BCUT2D eigenvalue weighted by molar-refractivity contribution is 0.303. The molecule has 1 aromatic carbocycles. The molecule has 23 heavy (non-hydrogen) atoms. The van der Waals surface area contributed by atoms with E-state index in [2.05, 4.69) is 11.3 Å². The first-order chi connectivity index (χ1) is 11.0. The number of sulfonamides is 1. The average molecular weight is 336 g/mol. The van der Waals surface area contributed by atoms with E-state index in [0.29, 0.717) is 17.4 Å². The highest BCUT2D eigenvalue weighted by Crippen LogP contribution is 2.30. The lowest BCUT2D eigenvalue weighted by Gasteiger charge is -2.25. The Morgan fingerprint density at radius 2 is 1.87 bits per heavy atom. The number of hydrogen-bond donors (Lipinski definition) is 1. The van der Waals surface area contributed by atoms with E-state index in [1.54, 1.807) is 12.1 Å². The summed E-state index contributed by atoms with van der Waals surface area (Å²) in [5.74, 6) is 1.19. The van der Waals surface area contributed by atoms with E-state index in [9.17, 15) is 8.42 Å². The molecule has 0 aromatic heterocycles. The van der Waals surface area contributed by atoms with Gasteiger partial charge in [0.2, 0.25) is 10.0 Å². The minimum atomic E-state index is -3.40. The molecule has 3 nitrogen and oxygen atoms in total. The van der Waals surface area contributed by atoms with Crippen molar-refractivity contribution in [1.82, 2.24) is 4.72 Å². The summed E-state index contributed by atoms with van der Waals surface area (Å²) in [5.41, 5.74) is 1.06. The Kier molecular flexibility index (Phi) is 6.85. The summed E-state index contributed by atoms with van der Waals surface area (Å²) in [6, 6.07) is 6.96. The molecule has 2 rings (SSSR count). The Balaban J connectivity index is 1.81. The Morgan fingerprint density at radius 1 is 1.22 bits per heavy atom. The standard InChI is InChI=1S/C19H29NO2S/c1-3-17(15-18-7-5-4-6-8-18)13-14-20-23(21,22)19-11-9-16(2)10-12-19/h3,9-12,17-18,20H,1,4-8,13-15H2,2H3. The van der Waals surface area contributed by atoms with Gasteiger partial charge in [0.05, 0.1) is 4.90 Å². The van der Waals surface area contributed by atoms with Crippen molar-refractivity contribution in [3.63, 3.8) is 0 Å². The fourth-order valence-corrected chi connectivity index (χ4v) is 4.41. The van der Waals surface area contributed by atoms with Crippen molar-refractivity contribution in [2.24, 2.45) is 11.8 Å². The maximum Gasteiger partial charge on any atom is 0.240 e. The van der Waals surface area contributed by atoms with Crippen LogP contribution in [0.3, 0.4) is 0 Å². The van der Waals surface area contributed by atoms with Crippen LogP contribution in [0.4, 0.5) is 0 Å². The van der Waals surface area contributed by atoms with Crippen LogP contribution in [0, 0.1) is 18.8 Å². The smallest absolute Gasteiger partial charge is 0.211 e. The first-order valence-electron chi connectivity index (χ1n) is 8.70. The molecule has 1 unspecified atom stereocenters. The van der Waals surface area contributed by atoms with Crippen LogP contribution >= 0.6 is 0 Å². The molecule has 1 N–H and O–H groups in total. The summed E-state index contributed by atoms with van der Waals surface area (Å²) in [4.78, 5) is 0.338. The van der Waals surface area contributed by atoms with Gasteiger partial charge in [-0.1, -0.05) is 55.9 Å². The zero-order valence-corrected chi connectivity index (χ0v) is 14.9. The molecule has 0 saturated heterocycles. The summed E-state index contributed by atoms with van der Waals surface area (Å²) < 4.78 is 27.3. The van der Waals surface area contributed by atoms with Crippen molar-refractivity contribution < 1.29 is 8.42 Å². The van der Waals surface area contributed by atoms with E-state index in [1.807, 2.05) is 25.1 Å². The second-order valence-corrected chi connectivity index (χ2v) is 8.50. The van der Waals surface area contributed by atoms with Crippen LogP contribution in [-0.2, 0) is 10.0 Å². The lowest BCUT2D eigenvalue weighted by atomic mass is 9.82. The first kappa shape index (κ1) is 18.2. The fraction of sp³-hybridized carbons (Fsp3) is 0.579. The summed E-state index contributed by atoms with van der Waals surface area (Å²) in [6.07, 6.45) is 10.7. The molecule has 0 heterocycles. The molecule has 1 saturated carbocycles. The van der Waals surface area contributed by atoms with Crippen LogP contribution in [-0.4, -0.2) is 15.0 Å². The van der Waals surface area contributed by atoms with Crippen molar-refractivity contribution in [2.75, 3.05) is 6.54 Å². The molecule has 1 aromatic rings. The Labute approximate surface area is 141 Å². The van der Waals surface area contributed by atoms with Gasteiger partial charge in [0.25, 0.3) is 0 Å². The first-order valence-corrected chi connectivity index (χ1v) is 10.2. The van der Waals surface area contributed by atoms with Crippen LogP contribution in [0.5, 0.6) is 0 Å². The van der Waals surface area contributed by atoms with Crippen LogP contribution in [0.2, 0.25) is 0 Å². The second-order valence-electron chi connectivity index (χ2n) is 6.74. The Hall–Kier alpha value is -1.13. The number of benzene rings is 1. The highest BCUT2D eigenvalue weighted by molar-refractivity contribution is 7.89. The van der Waals surface area contributed by atoms with Crippen LogP contribution < -0.4 is 4.72 Å². The number of aryl methyl sites for hydroxylation is 1. The molecular formula is C19H29NO2S. The van der Waals surface area contributed by atoms with Gasteiger partial charge in [-0.2, -0.15) is 0 Å². The Morgan fingerprint density at radius 3 is 2.48 bits per heavy atom. The van der Waals surface area contributed by atoms with E-state index in [0.717, 1.165) is 24.3 Å². The molecule has 1 aliphatic carbocycles. The monoisotopic (exact) mass is 335 g/mol. The zero-order chi connectivity index (χ0) is 16.7. The predicted octanol–water partition coefficient (Wildman–Crippen LogP) is 4.44. The van der Waals surface area contributed by atoms with E-state index in [-0.39, 0.29) is 0 Å². The van der Waals surface area contributed by atoms with Gasteiger partial charge < -0.3 is 0 Å². The number of rotatable bonds is 8. The summed E-state index contributed by atoms with van der Waals surface area (Å²) >= 11 is 0. The second kappa shape index (κ2) is 8.65. The van der Waals surface area contributed by atoms with Gasteiger partial charge in [0.1, 0.15) is 0 Å². The molecule has 1 atom stereocenters. The third-order valence-corrected chi connectivity index (χ3v) is 6.31. The SMILES string of the molecule is C=CC(CCNS(=O)(=O)c1ccc(C)cc1)CC1CCCCC1. The molecule has 1 fully saturated rings. The van der Waals surface area contributed by atoms with Crippen molar-refractivity contribution in [3.05, 3.63) is 42.5 Å². The van der Waals surface area contributed by atoms with Crippen LogP contribution in [0.1, 0.15) is 50.5 Å². The van der Waals surface area contributed by atoms with Crippen molar-refractivity contribution >= 4 is 10.0 Å². The van der Waals surface area contributed by atoms with E-state index >= 15 is 0 Å². The van der Waals surface area contributed by atoms with Gasteiger partial charge in [-0.3, -0.25) is 0 Å². The predicted molar refractivity (Wildman–Crippen MR) is 95.9 cm³/mol. The quantitative estimate of drug-likeness (QED) is 0.714. The van der Waals surface area contributed by atoms with E-state index < -0.39 is 10.0 Å². The molecule has 0 bridgehead atoms. The number of allylic oxidation sites excluding steroid dienone is 1. The summed E-state index contributed by atoms with van der Waals surface area (Å²) in [7, 11) is -3.40. The maximum absolute atomic E-state index is 12.3. The molecular weight excluding hydrogens is 306 g/mol. The molecule has 0 aliphatic heterocycles. The molecule has 0 amide bonds. The van der Waals surface area contributed by atoms with E-state index in [4.69, 9.17) is 0 Å². The number of nitrogens with one attached hydrogen (secondary N) is 1. The van der Waals surface area contributed by atoms with Gasteiger partial charge in [-0.25, -0.2) is 13.1 Å². The fourth-order valence-electron chi connectivity index (χ4n) is 3.36. The van der Waals surface area contributed by atoms with Crippen molar-refractivity contribution in [3.8, 4) is 0 Å². The molecule has 4 heteroatoms. The van der Waals surface area contributed by atoms with Gasteiger partial charge in [0.15, 0.2) is 0 Å². The Bertz CT molecular complexity index is 586. The van der Waals surface area contributed by atoms with Crippen LogP contribution in [0.15, 0.2) is 41.8 Å². The summed E-state index contributed by atoms with van der Waals surface area (Å²) in [5, 5.41) is 0. The minimum Gasteiger partial charge on any atom is -0.211 e. The minimum absolute atomic E-state index is 0.338. The molecule has 0 spiro atoms. The van der Waals surface area contributed by atoms with Gasteiger partial charge in [-0.05, 0) is 43.7 Å². The highest BCUT2D eigenvalue weighted by Gasteiger charge is 2.18. The zero-order valence-electron chi connectivity index (χ0n) is 14.1. The number of hydrogen-bond acceptors (Lipinski definition) is 2. The largest absolute Gasteiger partial charge is 0.240 e.